The Morgan fingerprint density at radius 1 is 1.03 bits per heavy atom. The van der Waals surface area contributed by atoms with Gasteiger partial charge in [0.15, 0.2) is 12.0 Å². The fraction of sp³-hybridized carbons (Fsp3) is 0.269. The van der Waals surface area contributed by atoms with Crippen molar-refractivity contribution in [3.05, 3.63) is 81.6 Å². The van der Waals surface area contributed by atoms with Crippen molar-refractivity contribution < 1.29 is 9.59 Å². The van der Waals surface area contributed by atoms with Gasteiger partial charge in [-0.05, 0) is 80.8 Å². The molecule has 1 amide bonds. The predicted octanol–water partition coefficient (Wildman–Crippen LogP) is 4.18. The maximum absolute atomic E-state index is 13.8. The maximum Gasteiger partial charge on any atom is 0.245 e. The summed E-state index contributed by atoms with van der Waals surface area (Å²) in [5.74, 6) is -0.955. The number of rotatable bonds is 7. The van der Waals surface area contributed by atoms with Gasteiger partial charge < -0.3 is 20.5 Å². The summed E-state index contributed by atoms with van der Waals surface area (Å²) >= 11 is 6.04. The lowest BCUT2D eigenvalue weighted by Crippen LogP contribution is -2.32. The maximum atomic E-state index is 13.8. The van der Waals surface area contributed by atoms with E-state index in [1.54, 1.807) is 30.5 Å². The molecule has 34 heavy (non-hydrogen) atoms. The standard InChI is InChI=1S/C26H26ClN5O2/c1-16-13-22(17(2)32(16)19-7-5-18(27)6-8-19)25(33)21-10-9-20(31-11-3-4-12-31)14-23(21)24(26(29)34)30-15-28/h5-10,13-14,24,30H,3-4,11-12H2,1-2H3,(H2,29,34). The molecule has 174 valence electrons. The highest BCUT2D eigenvalue weighted by molar-refractivity contribution is 6.30. The van der Waals surface area contributed by atoms with E-state index in [0.29, 0.717) is 21.7 Å². The quantitative estimate of drug-likeness (QED) is 0.303. The zero-order valence-corrected chi connectivity index (χ0v) is 19.9. The number of hydrogen-bond donors (Lipinski definition) is 2. The number of nitriles is 1. The first kappa shape index (κ1) is 23.4. The molecule has 8 heteroatoms. The normalized spacial score (nSPS) is 14.0. The molecule has 4 rings (SSSR count). The molecule has 2 aromatic carbocycles. The van der Waals surface area contributed by atoms with Gasteiger partial charge in [-0.1, -0.05) is 11.6 Å². The van der Waals surface area contributed by atoms with Gasteiger partial charge in [0.2, 0.25) is 5.91 Å². The second-order valence-corrected chi connectivity index (χ2v) is 8.92. The van der Waals surface area contributed by atoms with Crippen LogP contribution in [0.1, 0.15) is 51.8 Å². The van der Waals surface area contributed by atoms with Gasteiger partial charge in [0.25, 0.3) is 0 Å². The Labute approximate surface area is 203 Å². The van der Waals surface area contributed by atoms with Gasteiger partial charge in [-0.15, -0.1) is 0 Å². The first-order valence-corrected chi connectivity index (χ1v) is 11.5. The van der Waals surface area contributed by atoms with Crippen molar-refractivity contribution in [3.63, 3.8) is 0 Å². The summed E-state index contributed by atoms with van der Waals surface area (Å²) < 4.78 is 1.99. The number of anilines is 1. The van der Waals surface area contributed by atoms with Gasteiger partial charge in [0.1, 0.15) is 6.04 Å². The number of carbonyl (C=O) groups is 2. The Hall–Kier alpha value is -3.76. The van der Waals surface area contributed by atoms with Crippen LogP contribution in [0.25, 0.3) is 5.69 Å². The van der Waals surface area contributed by atoms with Crippen molar-refractivity contribution in [1.82, 2.24) is 9.88 Å². The van der Waals surface area contributed by atoms with Gasteiger partial charge in [-0.3, -0.25) is 9.59 Å². The summed E-state index contributed by atoms with van der Waals surface area (Å²) in [4.78, 5) is 28.2. The minimum absolute atomic E-state index is 0.234. The molecule has 1 aliphatic rings. The van der Waals surface area contributed by atoms with Crippen LogP contribution >= 0.6 is 11.6 Å². The minimum atomic E-state index is -1.11. The van der Waals surface area contributed by atoms with Crippen LogP contribution in [0.3, 0.4) is 0 Å². The van der Waals surface area contributed by atoms with E-state index in [-0.39, 0.29) is 5.78 Å². The SMILES string of the molecule is Cc1cc(C(=O)c2ccc(N3CCCC3)cc2C(NC#N)C(N)=O)c(C)n1-c1ccc(Cl)cc1. The van der Waals surface area contributed by atoms with Crippen LogP contribution in [0, 0.1) is 25.3 Å². The number of aromatic nitrogens is 1. The third-order valence-corrected chi connectivity index (χ3v) is 6.57. The largest absolute Gasteiger partial charge is 0.372 e. The van der Waals surface area contributed by atoms with Crippen molar-refractivity contribution in [1.29, 1.82) is 5.26 Å². The molecule has 0 radical (unpaired) electrons. The average Bonchev–Trinajstić information content (AvgIpc) is 3.45. The van der Waals surface area contributed by atoms with Gasteiger partial charge in [0.05, 0.1) is 0 Å². The number of halogens is 1. The Balaban J connectivity index is 1.81. The first-order valence-electron chi connectivity index (χ1n) is 11.1. The van der Waals surface area contributed by atoms with Crippen LogP contribution in [-0.2, 0) is 4.79 Å². The van der Waals surface area contributed by atoms with Gasteiger partial charge in [-0.2, -0.15) is 5.26 Å². The molecule has 1 aromatic heterocycles. The number of nitrogens with one attached hydrogen (secondary N) is 1. The Bertz CT molecular complexity index is 1280. The van der Waals surface area contributed by atoms with Crippen LogP contribution < -0.4 is 16.0 Å². The number of primary amides is 1. The minimum Gasteiger partial charge on any atom is -0.372 e. The lowest BCUT2D eigenvalue weighted by atomic mass is 9.93. The number of carbonyl (C=O) groups excluding carboxylic acids is 2. The zero-order valence-electron chi connectivity index (χ0n) is 19.1. The van der Waals surface area contributed by atoms with E-state index in [2.05, 4.69) is 10.2 Å². The predicted molar refractivity (Wildman–Crippen MR) is 132 cm³/mol. The molecule has 1 unspecified atom stereocenters. The van der Waals surface area contributed by atoms with Crippen LogP contribution in [-0.4, -0.2) is 29.3 Å². The summed E-state index contributed by atoms with van der Waals surface area (Å²) in [6.07, 6.45) is 3.97. The van der Waals surface area contributed by atoms with Gasteiger partial charge in [0, 0.05) is 52.0 Å². The lowest BCUT2D eigenvalue weighted by Gasteiger charge is -2.22. The summed E-state index contributed by atoms with van der Waals surface area (Å²) in [6.45, 7) is 5.62. The highest BCUT2D eigenvalue weighted by Crippen LogP contribution is 2.31. The Kier molecular flexibility index (Phi) is 6.62. The molecule has 1 aliphatic heterocycles. The number of benzene rings is 2. The molecule has 7 nitrogen and oxygen atoms in total. The van der Waals surface area contributed by atoms with Crippen LogP contribution in [0.2, 0.25) is 5.02 Å². The zero-order chi connectivity index (χ0) is 24.4. The number of aryl methyl sites for hydroxylation is 1. The van der Waals surface area contributed by atoms with E-state index in [9.17, 15) is 14.9 Å². The van der Waals surface area contributed by atoms with Crippen LogP contribution in [0.15, 0.2) is 48.5 Å². The molecule has 1 atom stereocenters. The molecular weight excluding hydrogens is 450 g/mol. The average molecular weight is 476 g/mol. The van der Waals surface area contributed by atoms with E-state index in [1.165, 1.54) is 0 Å². The topological polar surface area (TPSA) is 104 Å². The lowest BCUT2D eigenvalue weighted by molar-refractivity contribution is -0.119. The van der Waals surface area contributed by atoms with E-state index < -0.39 is 11.9 Å². The molecule has 3 N–H and O–H groups in total. The molecular formula is C26H26ClN5O2. The van der Waals surface area contributed by atoms with E-state index in [0.717, 1.165) is 48.7 Å². The molecule has 1 fully saturated rings. The van der Waals surface area contributed by atoms with Crippen LogP contribution in [0.5, 0.6) is 0 Å². The molecule has 1 saturated heterocycles. The Morgan fingerprint density at radius 3 is 2.29 bits per heavy atom. The fourth-order valence-electron chi connectivity index (χ4n) is 4.66. The molecule has 0 spiro atoms. The number of nitrogens with two attached hydrogens (primary N) is 1. The second-order valence-electron chi connectivity index (χ2n) is 8.48. The van der Waals surface area contributed by atoms with Crippen LogP contribution in [0.4, 0.5) is 5.69 Å². The number of amides is 1. The highest BCUT2D eigenvalue weighted by atomic mass is 35.5. The smallest absolute Gasteiger partial charge is 0.245 e. The van der Waals surface area contributed by atoms with E-state index >= 15 is 0 Å². The van der Waals surface area contributed by atoms with Gasteiger partial charge >= 0.3 is 0 Å². The van der Waals surface area contributed by atoms with Crippen molar-refractivity contribution in [2.75, 3.05) is 18.0 Å². The van der Waals surface area contributed by atoms with E-state index in [1.807, 2.05) is 42.7 Å². The molecule has 0 bridgehead atoms. The summed E-state index contributed by atoms with van der Waals surface area (Å²) in [5.41, 5.74) is 10.3. The first-order chi connectivity index (χ1) is 16.3. The van der Waals surface area contributed by atoms with Gasteiger partial charge in [-0.25, -0.2) is 0 Å². The summed E-state index contributed by atoms with van der Waals surface area (Å²) in [6, 6.07) is 13.6. The highest BCUT2D eigenvalue weighted by Gasteiger charge is 2.28. The number of hydrogen-bond acceptors (Lipinski definition) is 5. The third-order valence-electron chi connectivity index (χ3n) is 6.32. The second kappa shape index (κ2) is 9.62. The molecule has 3 aromatic rings. The monoisotopic (exact) mass is 475 g/mol. The molecule has 0 aliphatic carbocycles. The van der Waals surface area contributed by atoms with Crippen molar-refractivity contribution in [2.24, 2.45) is 5.73 Å². The molecule has 0 saturated carbocycles. The van der Waals surface area contributed by atoms with Crippen molar-refractivity contribution in [3.8, 4) is 11.9 Å². The summed E-state index contributed by atoms with van der Waals surface area (Å²) in [5, 5.41) is 12.3. The molecule has 2 heterocycles. The van der Waals surface area contributed by atoms with E-state index in [4.69, 9.17) is 17.3 Å². The van der Waals surface area contributed by atoms with Crippen molar-refractivity contribution in [2.45, 2.75) is 32.7 Å². The Morgan fingerprint density at radius 2 is 1.68 bits per heavy atom. The third kappa shape index (κ3) is 4.37. The van der Waals surface area contributed by atoms with Crippen molar-refractivity contribution >= 4 is 29.0 Å². The number of ketones is 1. The fourth-order valence-corrected chi connectivity index (χ4v) is 4.79. The number of nitrogens with zero attached hydrogens (tertiary/aromatic N) is 3. The summed E-state index contributed by atoms with van der Waals surface area (Å²) in [7, 11) is 0.